The van der Waals surface area contributed by atoms with E-state index in [2.05, 4.69) is 11.2 Å². The van der Waals surface area contributed by atoms with Gasteiger partial charge in [-0.05, 0) is 37.3 Å². The molecule has 3 nitrogen and oxygen atoms in total. The van der Waals surface area contributed by atoms with Crippen LogP contribution in [0, 0.1) is 12.8 Å². The van der Waals surface area contributed by atoms with E-state index in [1.54, 1.807) is 11.8 Å². The first-order valence-electron chi connectivity index (χ1n) is 6.92. The summed E-state index contributed by atoms with van der Waals surface area (Å²) in [6.07, 6.45) is 1.68. The summed E-state index contributed by atoms with van der Waals surface area (Å²) >= 11 is 12.5. The standard InChI is InChI=1S/C16H20Cl2N2O/c1-11-14(16(18)20(2)19-11)9-12(10-17)8-13-6-4-5-7-15(13)21-3/h4-7,12H,8-10H2,1-3H3. The second-order valence-electron chi connectivity index (χ2n) is 5.22. The van der Waals surface area contributed by atoms with Crippen molar-refractivity contribution in [1.29, 1.82) is 0 Å². The van der Waals surface area contributed by atoms with Crippen molar-refractivity contribution in [2.75, 3.05) is 13.0 Å². The Morgan fingerprint density at radius 2 is 2.00 bits per heavy atom. The average Bonchev–Trinajstić information content (AvgIpc) is 2.73. The predicted molar refractivity (Wildman–Crippen MR) is 87.6 cm³/mol. The van der Waals surface area contributed by atoms with Crippen LogP contribution in [0.15, 0.2) is 24.3 Å². The first kappa shape index (κ1) is 16.2. The van der Waals surface area contributed by atoms with Crippen LogP contribution in [0.25, 0.3) is 0 Å². The molecule has 0 saturated carbocycles. The van der Waals surface area contributed by atoms with Crippen LogP contribution in [-0.4, -0.2) is 22.8 Å². The zero-order valence-corrected chi connectivity index (χ0v) is 14.1. The summed E-state index contributed by atoms with van der Waals surface area (Å²) in [7, 11) is 3.55. The van der Waals surface area contributed by atoms with Crippen LogP contribution in [0.2, 0.25) is 5.15 Å². The molecule has 0 bridgehead atoms. The number of methoxy groups -OCH3 is 1. The number of alkyl halides is 1. The van der Waals surface area contributed by atoms with Gasteiger partial charge in [-0.3, -0.25) is 4.68 Å². The summed E-state index contributed by atoms with van der Waals surface area (Å²) < 4.78 is 7.12. The molecule has 0 saturated heterocycles. The van der Waals surface area contributed by atoms with Crippen LogP contribution in [-0.2, 0) is 19.9 Å². The van der Waals surface area contributed by atoms with Crippen molar-refractivity contribution in [1.82, 2.24) is 9.78 Å². The van der Waals surface area contributed by atoms with Gasteiger partial charge in [-0.1, -0.05) is 29.8 Å². The third-order valence-corrected chi connectivity index (χ3v) is 4.59. The second kappa shape index (κ2) is 7.19. The molecule has 2 aromatic rings. The molecule has 1 heterocycles. The van der Waals surface area contributed by atoms with E-state index < -0.39 is 0 Å². The van der Waals surface area contributed by atoms with Crippen LogP contribution < -0.4 is 4.74 Å². The summed E-state index contributed by atoms with van der Waals surface area (Å²) in [5, 5.41) is 5.05. The monoisotopic (exact) mass is 326 g/mol. The van der Waals surface area contributed by atoms with Gasteiger partial charge in [0.1, 0.15) is 10.9 Å². The van der Waals surface area contributed by atoms with Gasteiger partial charge in [0.15, 0.2) is 0 Å². The summed E-state index contributed by atoms with van der Waals surface area (Å²) in [6.45, 7) is 1.98. The topological polar surface area (TPSA) is 27.1 Å². The summed E-state index contributed by atoms with van der Waals surface area (Å²) in [5.74, 6) is 1.77. The van der Waals surface area contributed by atoms with Crippen molar-refractivity contribution in [3.05, 3.63) is 46.2 Å². The molecule has 114 valence electrons. The van der Waals surface area contributed by atoms with Crippen LogP contribution in [0.3, 0.4) is 0 Å². The fourth-order valence-electron chi connectivity index (χ4n) is 2.56. The molecule has 0 spiro atoms. The zero-order valence-electron chi connectivity index (χ0n) is 12.6. The molecule has 0 fully saturated rings. The van der Waals surface area contributed by atoms with Crippen molar-refractivity contribution in [3.8, 4) is 5.75 Å². The number of aryl methyl sites for hydroxylation is 2. The lowest BCUT2D eigenvalue weighted by molar-refractivity contribution is 0.405. The van der Waals surface area contributed by atoms with Crippen molar-refractivity contribution < 1.29 is 4.74 Å². The molecule has 1 aromatic heterocycles. The Labute approximate surface area is 135 Å². The number of nitrogens with zero attached hydrogens (tertiary/aromatic N) is 2. The molecule has 21 heavy (non-hydrogen) atoms. The normalized spacial score (nSPS) is 12.4. The smallest absolute Gasteiger partial charge is 0.130 e. The SMILES string of the molecule is COc1ccccc1CC(CCl)Cc1c(C)nn(C)c1Cl. The van der Waals surface area contributed by atoms with Gasteiger partial charge in [0.2, 0.25) is 0 Å². The molecular formula is C16H20Cl2N2O. The summed E-state index contributed by atoms with van der Waals surface area (Å²) in [4.78, 5) is 0. The number of rotatable bonds is 6. The number of halogens is 2. The maximum Gasteiger partial charge on any atom is 0.130 e. The Kier molecular flexibility index (Phi) is 5.54. The first-order valence-corrected chi connectivity index (χ1v) is 7.83. The number of benzene rings is 1. The second-order valence-corrected chi connectivity index (χ2v) is 5.89. The minimum atomic E-state index is 0.295. The maximum atomic E-state index is 6.31. The van der Waals surface area contributed by atoms with Gasteiger partial charge < -0.3 is 4.74 Å². The van der Waals surface area contributed by atoms with E-state index in [4.69, 9.17) is 27.9 Å². The van der Waals surface area contributed by atoms with E-state index in [9.17, 15) is 0 Å². The van der Waals surface area contributed by atoms with Gasteiger partial charge in [0.25, 0.3) is 0 Å². The third kappa shape index (κ3) is 3.72. The molecule has 0 aliphatic carbocycles. The van der Waals surface area contributed by atoms with Crippen LogP contribution in [0.5, 0.6) is 5.75 Å². The molecule has 2 rings (SSSR count). The van der Waals surface area contributed by atoms with Crippen molar-refractivity contribution >= 4 is 23.2 Å². The van der Waals surface area contributed by atoms with Gasteiger partial charge in [-0.25, -0.2) is 0 Å². The van der Waals surface area contributed by atoms with E-state index in [-0.39, 0.29) is 0 Å². The van der Waals surface area contributed by atoms with E-state index in [0.717, 1.165) is 29.8 Å². The Morgan fingerprint density at radius 1 is 1.29 bits per heavy atom. The lowest BCUT2D eigenvalue weighted by Gasteiger charge is -2.16. The number of hydrogen-bond acceptors (Lipinski definition) is 2. The number of aromatic nitrogens is 2. The fourth-order valence-corrected chi connectivity index (χ4v) is 3.03. The predicted octanol–water partition coefficient (Wildman–Crippen LogP) is 4.03. The molecule has 0 amide bonds. The quantitative estimate of drug-likeness (QED) is 0.749. The molecule has 1 aromatic carbocycles. The molecule has 5 heteroatoms. The lowest BCUT2D eigenvalue weighted by atomic mass is 9.94. The van der Waals surface area contributed by atoms with Gasteiger partial charge >= 0.3 is 0 Å². The Morgan fingerprint density at radius 3 is 2.57 bits per heavy atom. The molecular weight excluding hydrogens is 307 g/mol. The van der Waals surface area contributed by atoms with E-state index in [0.29, 0.717) is 17.0 Å². The Hall–Kier alpha value is -1.19. The first-order chi connectivity index (χ1) is 10.1. The van der Waals surface area contributed by atoms with Gasteiger partial charge in [-0.15, -0.1) is 11.6 Å². The van der Waals surface area contributed by atoms with Gasteiger partial charge in [0.05, 0.1) is 12.8 Å². The Balaban J connectivity index is 2.17. The highest BCUT2D eigenvalue weighted by atomic mass is 35.5. The highest BCUT2D eigenvalue weighted by molar-refractivity contribution is 6.30. The van der Waals surface area contributed by atoms with Crippen LogP contribution in [0.4, 0.5) is 0 Å². The summed E-state index contributed by atoms with van der Waals surface area (Å²) in [5.41, 5.74) is 3.22. The molecule has 0 N–H and O–H groups in total. The largest absolute Gasteiger partial charge is 0.496 e. The minimum Gasteiger partial charge on any atom is -0.496 e. The van der Waals surface area contributed by atoms with E-state index in [1.807, 2.05) is 32.2 Å². The van der Waals surface area contributed by atoms with Crippen molar-refractivity contribution in [3.63, 3.8) is 0 Å². The third-order valence-electron chi connectivity index (χ3n) is 3.68. The molecule has 0 radical (unpaired) electrons. The number of ether oxygens (including phenoxy) is 1. The van der Waals surface area contributed by atoms with Crippen LogP contribution >= 0.6 is 23.2 Å². The minimum absolute atomic E-state index is 0.295. The summed E-state index contributed by atoms with van der Waals surface area (Å²) in [6, 6.07) is 8.05. The van der Waals surface area contributed by atoms with Crippen molar-refractivity contribution in [2.24, 2.45) is 13.0 Å². The highest BCUT2D eigenvalue weighted by Gasteiger charge is 2.18. The maximum absolute atomic E-state index is 6.31. The molecule has 1 atom stereocenters. The van der Waals surface area contributed by atoms with Crippen molar-refractivity contribution in [2.45, 2.75) is 19.8 Å². The number of para-hydroxylation sites is 1. The van der Waals surface area contributed by atoms with E-state index in [1.165, 1.54) is 5.56 Å². The molecule has 0 aliphatic heterocycles. The Bertz CT molecular complexity index is 610. The van der Waals surface area contributed by atoms with Gasteiger partial charge in [-0.2, -0.15) is 5.10 Å². The molecule has 1 unspecified atom stereocenters. The fraction of sp³-hybridized carbons (Fsp3) is 0.438. The highest BCUT2D eigenvalue weighted by Crippen LogP contribution is 2.27. The van der Waals surface area contributed by atoms with Crippen LogP contribution in [0.1, 0.15) is 16.8 Å². The van der Waals surface area contributed by atoms with Gasteiger partial charge in [0, 0.05) is 18.5 Å². The lowest BCUT2D eigenvalue weighted by Crippen LogP contribution is -2.11. The zero-order chi connectivity index (χ0) is 15.4. The number of hydrogen-bond donors (Lipinski definition) is 0. The molecule has 0 aliphatic rings. The average molecular weight is 327 g/mol. The van der Waals surface area contributed by atoms with E-state index >= 15 is 0 Å².